The summed E-state index contributed by atoms with van der Waals surface area (Å²) in [5.41, 5.74) is 1.79. The van der Waals surface area contributed by atoms with Crippen LogP contribution in [0.4, 0.5) is 0 Å². The van der Waals surface area contributed by atoms with E-state index in [-0.39, 0.29) is 11.7 Å². The number of benzene rings is 1. The lowest BCUT2D eigenvalue weighted by Gasteiger charge is -2.01. The van der Waals surface area contributed by atoms with Crippen LogP contribution in [0.1, 0.15) is 24.2 Å². The van der Waals surface area contributed by atoms with E-state index in [4.69, 9.17) is 11.6 Å². The molecule has 0 aliphatic carbocycles. The molecule has 1 aromatic carbocycles. The van der Waals surface area contributed by atoms with Crippen molar-refractivity contribution in [1.82, 2.24) is 4.57 Å². The zero-order valence-corrected chi connectivity index (χ0v) is 10.4. The van der Waals surface area contributed by atoms with E-state index in [0.29, 0.717) is 5.02 Å². The molecule has 16 heavy (non-hydrogen) atoms. The molecule has 2 nitrogen and oxygen atoms in total. The number of nitrogens with zero attached hydrogens (tertiary/aromatic N) is 1. The predicted molar refractivity (Wildman–Crippen MR) is 67.1 cm³/mol. The lowest BCUT2D eigenvalue weighted by molar-refractivity contribution is 0.0941. The van der Waals surface area contributed by atoms with Crippen LogP contribution in [0.5, 0.6) is 0 Å². The average Bonchev–Trinajstić information content (AvgIpc) is 2.54. The van der Waals surface area contributed by atoms with Crippen LogP contribution in [0, 0.1) is 5.92 Å². The fourth-order valence-electron chi connectivity index (χ4n) is 1.87. The quantitative estimate of drug-likeness (QED) is 0.728. The van der Waals surface area contributed by atoms with Gasteiger partial charge in [-0.25, -0.2) is 0 Å². The molecule has 0 N–H and O–H groups in total. The van der Waals surface area contributed by atoms with Gasteiger partial charge in [0.2, 0.25) is 0 Å². The highest BCUT2D eigenvalue weighted by atomic mass is 35.5. The van der Waals surface area contributed by atoms with E-state index in [2.05, 4.69) is 0 Å². The number of carbonyl (C=O) groups excluding carboxylic acids is 1. The molecular formula is C13H14ClNO. The largest absolute Gasteiger partial charge is 0.350 e. The highest BCUT2D eigenvalue weighted by molar-refractivity contribution is 6.31. The normalized spacial score (nSPS) is 11.3. The number of carbonyl (C=O) groups is 1. The van der Waals surface area contributed by atoms with E-state index >= 15 is 0 Å². The first-order chi connectivity index (χ1) is 7.50. The number of aromatic nitrogens is 1. The van der Waals surface area contributed by atoms with Gasteiger partial charge in [-0.2, -0.15) is 0 Å². The summed E-state index contributed by atoms with van der Waals surface area (Å²) in [6.07, 6.45) is 1.88. The van der Waals surface area contributed by atoms with Gasteiger partial charge in [-0.3, -0.25) is 4.79 Å². The summed E-state index contributed by atoms with van der Waals surface area (Å²) in [4.78, 5) is 12.0. The number of ketones is 1. The van der Waals surface area contributed by atoms with Gasteiger partial charge in [-0.05, 0) is 18.2 Å². The van der Waals surface area contributed by atoms with E-state index in [9.17, 15) is 4.79 Å². The Balaban J connectivity index is 2.71. The number of fused-ring (bicyclic) bond motifs is 1. The van der Waals surface area contributed by atoms with Gasteiger partial charge in [0.25, 0.3) is 0 Å². The summed E-state index contributed by atoms with van der Waals surface area (Å²) in [6, 6.07) is 5.63. The van der Waals surface area contributed by atoms with Crippen molar-refractivity contribution in [3.63, 3.8) is 0 Å². The van der Waals surface area contributed by atoms with Gasteiger partial charge in [-0.15, -0.1) is 0 Å². The molecule has 2 aromatic rings. The van der Waals surface area contributed by atoms with Crippen molar-refractivity contribution in [2.24, 2.45) is 13.0 Å². The Morgan fingerprint density at radius 3 is 2.69 bits per heavy atom. The highest BCUT2D eigenvalue weighted by Gasteiger charge is 2.16. The second-order valence-electron chi connectivity index (χ2n) is 4.33. The lowest BCUT2D eigenvalue weighted by atomic mass is 10.0. The van der Waals surface area contributed by atoms with Crippen molar-refractivity contribution in [3.8, 4) is 0 Å². The van der Waals surface area contributed by atoms with Crippen LogP contribution in [0.2, 0.25) is 5.02 Å². The van der Waals surface area contributed by atoms with Crippen molar-refractivity contribution in [3.05, 3.63) is 35.0 Å². The molecule has 0 spiro atoms. The van der Waals surface area contributed by atoms with Crippen LogP contribution in [0.15, 0.2) is 24.4 Å². The Bertz CT molecular complexity index is 554. The Morgan fingerprint density at radius 1 is 1.38 bits per heavy atom. The molecule has 1 aromatic heterocycles. The number of aryl methyl sites for hydroxylation is 1. The molecule has 0 radical (unpaired) electrons. The fourth-order valence-corrected chi connectivity index (χ4v) is 2.04. The SMILES string of the molecule is CC(C)C(=O)c1cn(C)c2ccc(Cl)cc12. The first-order valence-electron chi connectivity index (χ1n) is 5.29. The monoisotopic (exact) mass is 235 g/mol. The number of halogens is 1. The molecule has 3 heteroatoms. The van der Waals surface area contributed by atoms with E-state index in [1.54, 1.807) is 0 Å². The molecule has 0 unspecified atom stereocenters. The minimum Gasteiger partial charge on any atom is -0.350 e. The van der Waals surface area contributed by atoms with Gasteiger partial charge in [-0.1, -0.05) is 25.4 Å². The third-order valence-corrected chi connectivity index (χ3v) is 2.98. The summed E-state index contributed by atoms with van der Waals surface area (Å²) in [6.45, 7) is 3.82. The first kappa shape index (κ1) is 11.2. The zero-order chi connectivity index (χ0) is 11.9. The summed E-state index contributed by atoms with van der Waals surface area (Å²) in [7, 11) is 1.94. The van der Waals surface area contributed by atoms with Crippen molar-refractivity contribution in [2.45, 2.75) is 13.8 Å². The summed E-state index contributed by atoms with van der Waals surface area (Å²) in [5.74, 6) is 0.164. The van der Waals surface area contributed by atoms with Crippen LogP contribution in [0.25, 0.3) is 10.9 Å². The number of rotatable bonds is 2. The lowest BCUT2D eigenvalue weighted by Crippen LogP contribution is -2.06. The molecule has 0 saturated carbocycles. The summed E-state index contributed by atoms with van der Waals surface area (Å²) >= 11 is 5.96. The molecule has 1 heterocycles. The molecule has 2 rings (SSSR count). The van der Waals surface area contributed by atoms with Gasteiger partial charge in [0.1, 0.15) is 0 Å². The van der Waals surface area contributed by atoms with Gasteiger partial charge >= 0.3 is 0 Å². The predicted octanol–water partition coefficient (Wildman–Crippen LogP) is 3.67. The maximum atomic E-state index is 12.0. The third-order valence-electron chi connectivity index (χ3n) is 2.74. The highest BCUT2D eigenvalue weighted by Crippen LogP contribution is 2.26. The second-order valence-corrected chi connectivity index (χ2v) is 4.77. The minimum absolute atomic E-state index is 0.00424. The number of Topliss-reactive ketones (excluding diaryl/α,β-unsaturated/α-hetero) is 1. The zero-order valence-electron chi connectivity index (χ0n) is 9.62. The molecule has 0 amide bonds. The van der Waals surface area contributed by atoms with Crippen LogP contribution in [0.3, 0.4) is 0 Å². The molecule has 0 atom stereocenters. The van der Waals surface area contributed by atoms with E-state index in [1.807, 2.05) is 49.9 Å². The van der Waals surface area contributed by atoms with Gasteiger partial charge in [0, 0.05) is 40.7 Å². The summed E-state index contributed by atoms with van der Waals surface area (Å²) < 4.78 is 1.96. The minimum atomic E-state index is 0.00424. The topological polar surface area (TPSA) is 22.0 Å². The van der Waals surface area contributed by atoms with E-state index in [0.717, 1.165) is 16.5 Å². The molecule has 0 fully saturated rings. The molecule has 0 aliphatic rings. The summed E-state index contributed by atoms with van der Waals surface area (Å²) in [5, 5.41) is 1.60. The standard InChI is InChI=1S/C13H14ClNO/c1-8(2)13(16)11-7-15(3)12-5-4-9(14)6-10(11)12/h4-8H,1-3H3. The van der Waals surface area contributed by atoms with Crippen LogP contribution < -0.4 is 0 Å². The first-order valence-corrected chi connectivity index (χ1v) is 5.67. The van der Waals surface area contributed by atoms with Gasteiger partial charge < -0.3 is 4.57 Å². The number of hydrogen-bond acceptors (Lipinski definition) is 1. The third kappa shape index (κ3) is 1.74. The van der Waals surface area contributed by atoms with E-state index in [1.165, 1.54) is 0 Å². The van der Waals surface area contributed by atoms with Crippen LogP contribution in [-0.4, -0.2) is 10.4 Å². The molecule has 84 valence electrons. The molecule has 0 aliphatic heterocycles. The Kier molecular flexibility index (Phi) is 2.76. The Morgan fingerprint density at radius 2 is 2.06 bits per heavy atom. The Hall–Kier alpha value is -1.28. The van der Waals surface area contributed by atoms with Crippen molar-refractivity contribution in [2.75, 3.05) is 0 Å². The van der Waals surface area contributed by atoms with Crippen molar-refractivity contribution in [1.29, 1.82) is 0 Å². The average molecular weight is 236 g/mol. The Labute approximate surface area is 99.8 Å². The molecule has 0 bridgehead atoms. The maximum Gasteiger partial charge on any atom is 0.167 e. The van der Waals surface area contributed by atoms with Crippen LogP contribution in [-0.2, 0) is 7.05 Å². The van der Waals surface area contributed by atoms with Crippen LogP contribution >= 0.6 is 11.6 Å². The van der Waals surface area contributed by atoms with Gasteiger partial charge in [0.15, 0.2) is 5.78 Å². The number of hydrogen-bond donors (Lipinski definition) is 0. The fraction of sp³-hybridized carbons (Fsp3) is 0.308. The van der Waals surface area contributed by atoms with Crippen molar-refractivity contribution >= 4 is 28.3 Å². The molecule has 0 saturated heterocycles. The van der Waals surface area contributed by atoms with Gasteiger partial charge in [0.05, 0.1) is 0 Å². The van der Waals surface area contributed by atoms with E-state index < -0.39 is 0 Å². The second kappa shape index (κ2) is 3.95. The maximum absolute atomic E-state index is 12.0. The molecular weight excluding hydrogens is 222 g/mol. The van der Waals surface area contributed by atoms with Crippen molar-refractivity contribution < 1.29 is 4.79 Å². The smallest absolute Gasteiger partial charge is 0.167 e.